The van der Waals surface area contributed by atoms with Crippen LogP contribution in [0.2, 0.25) is 0 Å². The number of rotatable bonds is 3. The summed E-state index contributed by atoms with van der Waals surface area (Å²) in [7, 11) is 1.68. The monoisotopic (exact) mass is 259 g/mol. The van der Waals surface area contributed by atoms with Crippen molar-refractivity contribution in [3.63, 3.8) is 0 Å². The molecule has 0 saturated heterocycles. The summed E-state index contributed by atoms with van der Waals surface area (Å²) in [5, 5.41) is 12.2. The molecule has 1 saturated carbocycles. The van der Waals surface area contributed by atoms with E-state index in [9.17, 15) is 9.90 Å². The minimum atomic E-state index is -0.506. The SMILES string of the molecule is CO[C@H]1CC[C@H](CO)[C@@H](NC(=O)OC(C)(C)C)C1. The highest BCUT2D eigenvalue weighted by atomic mass is 16.6. The predicted octanol–water partition coefficient (Wildman–Crippen LogP) is 1.69. The summed E-state index contributed by atoms with van der Waals surface area (Å²) in [6.07, 6.45) is 2.22. The van der Waals surface area contributed by atoms with Gasteiger partial charge in [0.2, 0.25) is 0 Å². The van der Waals surface area contributed by atoms with Gasteiger partial charge in [-0.2, -0.15) is 0 Å². The molecule has 1 rings (SSSR count). The van der Waals surface area contributed by atoms with Crippen molar-refractivity contribution in [2.24, 2.45) is 5.92 Å². The third-order valence-electron chi connectivity index (χ3n) is 3.22. The van der Waals surface area contributed by atoms with Gasteiger partial charge in [0.1, 0.15) is 5.60 Å². The Morgan fingerprint density at radius 3 is 2.56 bits per heavy atom. The topological polar surface area (TPSA) is 67.8 Å². The molecule has 2 N–H and O–H groups in total. The standard InChI is InChI=1S/C13H25NO4/c1-13(2,3)18-12(16)14-11-7-10(17-4)6-5-9(11)8-15/h9-11,15H,5-8H2,1-4H3,(H,14,16)/t9-,10+,11+/m1/s1. The van der Waals surface area contributed by atoms with Crippen LogP contribution in [0.1, 0.15) is 40.0 Å². The first-order valence-corrected chi connectivity index (χ1v) is 6.49. The maximum atomic E-state index is 11.7. The highest BCUT2D eigenvalue weighted by Gasteiger charge is 2.32. The van der Waals surface area contributed by atoms with Crippen LogP contribution in [0, 0.1) is 5.92 Å². The van der Waals surface area contributed by atoms with Crippen molar-refractivity contribution in [3.05, 3.63) is 0 Å². The number of ether oxygens (including phenoxy) is 2. The Bertz CT molecular complexity index is 275. The summed E-state index contributed by atoms with van der Waals surface area (Å²) in [6, 6.07) is -0.0800. The molecule has 106 valence electrons. The summed E-state index contributed by atoms with van der Waals surface area (Å²) >= 11 is 0. The van der Waals surface area contributed by atoms with Crippen LogP contribution in [0.25, 0.3) is 0 Å². The third-order valence-corrected chi connectivity index (χ3v) is 3.22. The molecule has 1 fully saturated rings. The molecule has 0 unspecified atom stereocenters. The van der Waals surface area contributed by atoms with Gasteiger partial charge in [0.25, 0.3) is 0 Å². The van der Waals surface area contributed by atoms with E-state index in [-0.39, 0.29) is 24.7 Å². The van der Waals surface area contributed by atoms with Crippen LogP contribution in [0.15, 0.2) is 0 Å². The number of methoxy groups -OCH3 is 1. The molecule has 5 nitrogen and oxygen atoms in total. The van der Waals surface area contributed by atoms with Crippen molar-refractivity contribution in [1.29, 1.82) is 0 Å². The Kier molecular flexibility index (Phi) is 5.41. The smallest absolute Gasteiger partial charge is 0.407 e. The van der Waals surface area contributed by atoms with E-state index in [2.05, 4.69) is 5.32 Å². The molecule has 3 atom stereocenters. The van der Waals surface area contributed by atoms with Crippen molar-refractivity contribution in [3.8, 4) is 0 Å². The number of alkyl carbamates (subject to hydrolysis) is 1. The largest absolute Gasteiger partial charge is 0.444 e. The zero-order valence-electron chi connectivity index (χ0n) is 11.7. The number of aliphatic hydroxyl groups is 1. The van der Waals surface area contributed by atoms with E-state index in [1.807, 2.05) is 20.8 Å². The molecule has 0 aromatic heterocycles. The molecule has 0 aromatic carbocycles. The number of nitrogens with one attached hydrogen (secondary N) is 1. The summed E-state index contributed by atoms with van der Waals surface area (Å²) in [4.78, 5) is 11.7. The van der Waals surface area contributed by atoms with Gasteiger partial charge in [-0.05, 0) is 40.0 Å². The molecule has 0 radical (unpaired) electrons. The number of aliphatic hydroxyl groups excluding tert-OH is 1. The van der Waals surface area contributed by atoms with Gasteiger partial charge in [0.15, 0.2) is 0 Å². The van der Waals surface area contributed by atoms with Crippen LogP contribution in [-0.4, -0.2) is 42.7 Å². The highest BCUT2D eigenvalue weighted by molar-refractivity contribution is 5.68. The lowest BCUT2D eigenvalue weighted by Gasteiger charge is -2.35. The number of hydrogen-bond donors (Lipinski definition) is 2. The second-order valence-corrected chi connectivity index (χ2v) is 5.87. The molecule has 1 aliphatic carbocycles. The van der Waals surface area contributed by atoms with Crippen LogP contribution < -0.4 is 5.32 Å². The Balaban J connectivity index is 2.53. The van der Waals surface area contributed by atoms with E-state index >= 15 is 0 Å². The quantitative estimate of drug-likeness (QED) is 0.809. The Hall–Kier alpha value is -0.810. The van der Waals surface area contributed by atoms with Crippen LogP contribution in [-0.2, 0) is 9.47 Å². The molecule has 5 heteroatoms. The van der Waals surface area contributed by atoms with Gasteiger partial charge in [-0.3, -0.25) is 0 Å². The molecule has 0 aromatic rings. The van der Waals surface area contributed by atoms with Gasteiger partial charge in [-0.25, -0.2) is 4.79 Å². The second kappa shape index (κ2) is 6.38. The number of carbonyl (C=O) groups excluding carboxylic acids is 1. The van der Waals surface area contributed by atoms with E-state index in [1.54, 1.807) is 7.11 Å². The first kappa shape index (κ1) is 15.2. The maximum absolute atomic E-state index is 11.7. The Morgan fingerprint density at radius 1 is 1.39 bits per heavy atom. The lowest BCUT2D eigenvalue weighted by atomic mass is 9.83. The Morgan fingerprint density at radius 2 is 2.06 bits per heavy atom. The van der Waals surface area contributed by atoms with Crippen LogP contribution in [0.3, 0.4) is 0 Å². The highest BCUT2D eigenvalue weighted by Crippen LogP contribution is 2.26. The fraction of sp³-hybridized carbons (Fsp3) is 0.923. The van der Waals surface area contributed by atoms with E-state index in [4.69, 9.17) is 9.47 Å². The Labute approximate surface area is 109 Å². The minimum absolute atomic E-state index is 0.0800. The summed E-state index contributed by atoms with van der Waals surface area (Å²) in [6.45, 7) is 5.57. The van der Waals surface area contributed by atoms with Gasteiger partial charge >= 0.3 is 6.09 Å². The second-order valence-electron chi connectivity index (χ2n) is 5.87. The maximum Gasteiger partial charge on any atom is 0.407 e. The normalized spacial score (nSPS) is 28.8. The number of carbonyl (C=O) groups is 1. The van der Waals surface area contributed by atoms with E-state index in [0.29, 0.717) is 0 Å². The van der Waals surface area contributed by atoms with Crippen LogP contribution in [0.4, 0.5) is 4.79 Å². The summed E-state index contributed by atoms with van der Waals surface area (Å²) in [5.41, 5.74) is -0.506. The molecule has 0 aliphatic heterocycles. The van der Waals surface area contributed by atoms with Crippen LogP contribution in [0.5, 0.6) is 0 Å². The predicted molar refractivity (Wildman–Crippen MR) is 68.4 cm³/mol. The molecule has 0 bridgehead atoms. The van der Waals surface area contributed by atoms with Crippen molar-refractivity contribution >= 4 is 6.09 Å². The summed E-state index contributed by atoms with van der Waals surface area (Å²) < 4.78 is 10.6. The molecule has 0 heterocycles. The zero-order valence-corrected chi connectivity index (χ0v) is 11.7. The average Bonchev–Trinajstić information content (AvgIpc) is 2.26. The summed E-state index contributed by atoms with van der Waals surface area (Å²) in [5.74, 6) is 0.0870. The van der Waals surface area contributed by atoms with Gasteiger partial charge in [-0.15, -0.1) is 0 Å². The zero-order chi connectivity index (χ0) is 13.8. The van der Waals surface area contributed by atoms with Crippen molar-refractivity contribution in [2.45, 2.75) is 57.8 Å². The lowest BCUT2D eigenvalue weighted by molar-refractivity contribution is 0.0159. The molecular formula is C13H25NO4. The fourth-order valence-electron chi connectivity index (χ4n) is 2.26. The van der Waals surface area contributed by atoms with E-state index in [1.165, 1.54) is 0 Å². The van der Waals surface area contributed by atoms with Gasteiger partial charge < -0.3 is 19.9 Å². The average molecular weight is 259 g/mol. The van der Waals surface area contributed by atoms with Crippen LogP contribution >= 0.6 is 0 Å². The van der Waals surface area contributed by atoms with Crippen molar-refractivity contribution in [2.75, 3.05) is 13.7 Å². The fourth-order valence-corrected chi connectivity index (χ4v) is 2.26. The molecule has 1 aliphatic rings. The number of hydrogen-bond acceptors (Lipinski definition) is 4. The van der Waals surface area contributed by atoms with Crippen molar-refractivity contribution in [1.82, 2.24) is 5.32 Å². The lowest BCUT2D eigenvalue weighted by Crippen LogP contribution is -2.48. The van der Waals surface area contributed by atoms with Gasteiger partial charge in [-0.1, -0.05) is 0 Å². The number of amides is 1. The first-order valence-electron chi connectivity index (χ1n) is 6.49. The van der Waals surface area contributed by atoms with E-state index < -0.39 is 11.7 Å². The molecular weight excluding hydrogens is 234 g/mol. The van der Waals surface area contributed by atoms with E-state index in [0.717, 1.165) is 19.3 Å². The third kappa shape index (κ3) is 4.82. The first-order chi connectivity index (χ1) is 8.35. The molecule has 0 spiro atoms. The molecule has 18 heavy (non-hydrogen) atoms. The minimum Gasteiger partial charge on any atom is -0.444 e. The van der Waals surface area contributed by atoms with Crippen molar-refractivity contribution < 1.29 is 19.4 Å². The molecule has 1 amide bonds. The van der Waals surface area contributed by atoms with Gasteiger partial charge in [0.05, 0.1) is 6.10 Å². The van der Waals surface area contributed by atoms with Gasteiger partial charge in [0, 0.05) is 25.7 Å².